The van der Waals surface area contributed by atoms with Gasteiger partial charge in [-0.25, -0.2) is 13.1 Å². The van der Waals surface area contributed by atoms with Gasteiger partial charge in [0, 0.05) is 19.0 Å². The Morgan fingerprint density at radius 1 is 1.24 bits per heavy atom. The van der Waals surface area contributed by atoms with Gasteiger partial charge in [0.2, 0.25) is 15.9 Å². The summed E-state index contributed by atoms with van der Waals surface area (Å²) in [4.78, 5) is 11.2. The molecule has 1 aliphatic heterocycles. The fourth-order valence-corrected chi connectivity index (χ4v) is 4.62. The zero-order chi connectivity index (χ0) is 20.7. The van der Waals surface area contributed by atoms with Gasteiger partial charge < -0.3 is 10.1 Å². The molecule has 1 heterocycles. The lowest BCUT2D eigenvalue weighted by molar-refractivity contribution is -0.122. The number of rotatable bonds is 11. The summed E-state index contributed by atoms with van der Waals surface area (Å²) in [6.45, 7) is 3.30. The second-order valence-corrected chi connectivity index (χ2v) is 10.1. The maximum atomic E-state index is 12.4. The zero-order valence-corrected chi connectivity index (χ0v) is 17.9. The number of ether oxygens (including phenoxy) is 1. The second kappa shape index (κ2) is 10.3. The van der Waals surface area contributed by atoms with Crippen molar-refractivity contribution in [2.75, 3.05) is 18.9 Å². The fourth-order valence-electron chi connectivity index (χ4n) is 3.38. The van der Waals surface area contributed by atoms with Crippen LogP contribution >= 0.6 is 0 Å². The molecule has 3 rings (SSSR count). The van der Waals surface area contributed by atoms with Gasteiger partial charge in [-0.15, -0.1) is 0 Å². The topological polar surface area (TPSA) is 84.5 Å². The molecule has 2 unspecified atom stereocenters. The third kappa shape index (κ3) is 7.82. The molecule has 7 heteroatoms. The van der Waals surface area contributed by atoms with E-state index < -0.39 is 10.0 Å². The lowest BCUT2D eigenvalue weighted by Gasteiger charge is -2.20. The minimum absolute atomic E-state index is 0.0626. The van der Waals surface area contributed by atoms with Crippen molar-refractivity contribution in [2.45, 2.75) is 51.5 Å². The van der Waals surface area contributed by atoms with Crippen LogP contribution in [0.15, 0.2) is 36.4 Å². The fraction of sp³-hybridized carbons (Fsp3) is 0.591. The molecule has 29 heavy (non-hydrogen) atoms. The van der Waals surface area contributed by atoms with E-state index in [2.05, 4.69) is 10.0 Å². The smallest absolute Gasteiger partial charge is 0.220 e. The van der Waals surface area contributed by atoms with E-state index in [4.69, 9.17) is 4.74 Å². The Bertz CT molecular complexity index is 808. The average Bonchev–Trinajstić information content (AvgIpc) is 3.52. The van der Waals surface area contributed by atoms with E-state index in [1.54, 1.807) is 0 Å². The standard InChI is InChI=1S/C22H32N2O4S/c1-17(20-7-5-8-21(14-20)28-16-19-9-10-19)24-29(26,27)13-4-2-3-6-18-11-12-22(25)23-15-18/h2-3,5,7-8,14,17-19,24H,4,6,9-13,15-16H2,1H3,(H,23,25). The van der Waals surface area contributed by atoms with Crippen LogP contribution in [0.4, 0.5) is 0 Å². The van der Waals surface area contributed by atoms with Gasteiger partial charge in [-0.05, 0) is 68.6 Å². The molecule has 0 bridgehead atoms. The zero-order valence-electron chi connectivity index (χ0n) is 17.1. The summed E-state index contributed by atoms with van der Waals surface area (Å²) in [5, 5.41) is 2.87. The number of amides is 1. The summed E-state index contributed by atoms with van der Waals surface area (Å²) in [5.74, 6) is 2.11. The summed E-state index contributed by atoms with van der Waals surface area (Å²) in [7, 11) is -3.37. The molecule has 1 amide bonds. The Morgan fingerprint density at radius 2 is 2.07 bits per heavy atom. The van der Waals surface area contributed by atoms with Gasteiger partial charge in [-0.1, -0.05) is 24.3 Å². The Labute approximate surface area is 174 Å². The number of allylic oxidation sites excluding steroid dienone is 2. The van der Waals surface area contributed by atoms with E-state index in [0.717, 1.165) is 30.8 Å². The van der Waals surface area contributed by atoms with E-state index in [9.17, 15) is 13.2 Å². The molecule has 1 saturated carbocycles. The molecule has 2 fully saturated rings. The highest BCUT2D eigenvalue weighted by atomic mass is 32.2. The summed E-state index contributed by atoms with van der Waals surface area (Å²) >= 11 is 0. The maximum absolute atomic E-state index is 12.4. The van der Waals surface area contributed by atoms with Gasteiger partial charge in [-0.2, -0.15) is 0 Å². The molecule has 1 aliphatic carbocycles. The first-order valence-corrected chi connectivity index (χ1v) is 12.2. The SMILES string of the molecule is CC(NS(=O)(=O)CCC=CCC1CCC(=O)NC1)c1cccc(OCC2CC2)c1. The third-order valence-corrected chi connectivity index (χ3v) is 6.94. The maximum Gasteiger partial charge on any atom is 0.220 e. The first kappa shape index (κ1) is 21.8. The largest absolute Gasteiger partial charge is 0.493 e. The quantitative estimate of drug-likeness (QED) is 0.538. The van der Waals surface area contributed by atoms with Crippen LogP contribution in [-0.2, 0) is 14.8 Å². The second-order valence-electron chi connectivity index (χ2n) is 8.19. The van der Waals surface area contributed by atoms with Crippen LogP contribution in [0.25, 0.3) is 0 Å². The van der Waals surface area contributed by atoms with Crippen molar-refractivity contribution < 1.29 is 17.9 Å². The van der Waals surface area contributed by atoms with Crippen molar-refractivity contribution >= 4 is 15.9 Å². The summed E-state index contributed by atoms with van der Waals surface area (Å²) in [6.07, 6.45) is 9.26. The molecule has 160 valence electrons. The molecule has 2 aliphatic rings. The molecular formula is C22H32N2O4S. The Kier molecular flexibility index (Phi) is 7.72. The van der Waals surface area contributed by atoms with Crippen LogP contribution in [0.3, 0.4) is 0 Å². The number of carbonyl (C=O) groups excluding carboxylic acids is 1. The minimum atomic E-state index is -3.37. The van der Waals surface area contributed by atoms with Crippen molar-refractivity contribution in [1.82, 2.24) is 10.0 Å². The Balaban J connectivity index is 1.40. The predicted octanol–water partition coefficient (Wildman–Crippen LogP) is 3.32. The van der Waals surface area contributed by atoms with Gasteiger partial charge in [0.25, 0.3) is 0 Å². The van der Waals surface area contributed by atoms with Crippen LogP contribution in [0.5, 0.6) is 5.75 Å². The number of carbonyl (C=O) groups is 1. The van der Waals surface area contributed by atoms with Crippen LogP contribution in [-0.4, -0.2) is 33.2 Å². The molecule has 2 atom stereocenters. The van der Waals surface area contributed by atoms with Crippen molar-refractivity contribution in [2.24, 2.45) is 11.8 Å². The molecular weight excluding hydrogens is 388 g/mol. The predicted molar refractivity (Wildman–Crippen MR) is 114 cm³/mol. The van der Waals surface area contributed by atoms with Crippen molar-refractivity contribution in [3.8, 4) is 5.75 Å². The van der Waals surface area contributed by atoms with Crippen LogP contribution in [0.2, 0.25) is 0 Å². The average molecular weight is 421 g/mol. The van der Waals surface area contributed by atoms with Gasteiger partial charge in [-0.3, -0.25) is 4.79 Å². The van der Waals surface area contributed by atoms with Gasteiger partial charge >= 0.3 is 0 Å². The number of hydrogen-bond acceptors (Lipinski definition) is 4. The number of nitrogens with one attached hydrogen (secondary N) is 2. The van der Waals surface area contributed by atoms with Gasteiger partial charge in [0.1, 0.15) is 5.75 Å². The number of hydrogen-bond donors (Lipinski definition) is 2. The Morgan fingerprint density at radius 3 is 2.79 bits per heavy atom. The normalized spacial score (nSPS) is 21.1. The highest BCUT2D eigenvalue weighted by molar-refractivity contribution is 7.89. The number of benzene rings is 1. The lowest BCUT2D eigenvalue weighted by Crippen LogP contribution is -2.34. The summed E-state index contributed by atoms with van der Waals surface area (Å²) in [5.41, 5.74) is 0.900. The molecule has 6 nitrogen and oxygen atoms in total. The monoisotopic (exact) mass is 420 g/mol. The molecule has 0 aromatic heterocycles. The number of piperidine rings is 1. The van der Waals surface area contributed by atoms with E-state index in [1.807, 2.05) is 43.3 Å². The lowest BCUT2D eigenvalue weighted by atomic mass is 9.96. The van der Waals surface area contributed by atoms with E-state index in [-0.39, 0.29) is 17.7 Å². The van der Waals surface area contributed by atoms with Crippen LogP contribution in [0, 0.1) is 11.8 Å². The summed E-state index contributed by atoms with van der Waals surface area (Å²) in [6, 6.07) is 7.34. The molecule has 0 radical (unpaired) electrons. The number of sulfonamides is 1. The van der Waals surface area contributed by atoms with E-state index in [0.29, 0.717) is 31.2 Å². The first-order valence-electron chi connectivity index (χ1n) is 10.6. The molecule has 2 N–H and O–H groups in total. The highest BCUT2D eigenvalue weighted by Crippen LogP contribution is 2.30. The van der Waals surface area contributed by atoms with E-state index >= 15 is 0 Å². The minimum Gasteiger partial charge on any atom is -0.493 e. The third-order valence-electron chi connectivity index (χ3n) is 5.45. The molecule has 1 saturated heterocycles. The molecule has 1 aromatic rings. The molecule has 1 aromatic carbocycles. The highest BCUT2D eigenvalue weighted by Gasteiger charge is 2.22. The summed E-state index contributed by atoms with van der Waals surface area (Å²) < 4.78 is 33.3. The molecule has 0 spiro atoms. The van der Waals surface area contributed by atoms with E-state index in [1.165, 1.54) is 12.8 Å². The Hall–Kier alpha value is -1.86. The van der Waals surface area contributed by atoms with Gasteiger partial charge in [0.15, 0.2) is 0 Å². The van der Waals surface area contributed by atoms with Crippen LogP contribution < -0.4 is 14.8 Å². The van der Waals surface area contributed by atoms with Crippen molar-refractivity contribution in [1.29, 1.82) is 0 Å². The van der Waals surface area contributed by atoms with Crippen molar-refractivity contribution in [3.63, 3.8) is 0 Å². The first-order chi connectivity index (χ1) is 13.9. The van der Waals surface area contributed by atoms with Crippen molar-refractivity contribution in [3.05, 3.63) is 42.0 Å². The van der Waals surface area contributed by atoms with Crippen LogP contribution in [0.1, 0.15) is 57.1 Å². The van der Waals surface area contributed by atoms with Gasteiger partial charge in [0.05, 0.1) is 12.4 Å².